The van der Waals surface area contributed by atoms with Crippen LogP contribution in [0.1, 0.15) is 22.5 Å². The van der Waals surface area contributed by atoms with Crippen LogP contribution in [0.2, 0.25) is 0 Å². The molecule has 2 aromatic rings. The van der Waals surface area contributed by atoms with E-state index >= 15 is 0 Å². The van der Waals surface area contributed by atoms with E-state index in [1.54, 1.807) is 12.1 Å². The van der Waals surface area contributed by atoms with E-state index in [1.165, 1.54) is 23.0 Å². The number of benzene rings is 1. The van der Waals surface area contributed by atoms with Crippen molar-refractivity contribution in [2.24, 2.45) is 0 Å². The normalized spacial score (nSPS) is 10.7. The predicted molar refractivity (Wildman–Crippen MR) is 64.1 cm³/mol. The highest BCUT2D eigenvalue weighted by molar-refractivity contribution is 5.26. The van der Waals surface area contributed by atoms with Crippen molar-refractivity contribution in [3.8, 4) is 0 Å². The molecule has 0 saturated heterocycles. The van der Waals surface area contributed by atoms with Gasteiger partial charge in [-0.15, -0.1) is 0 Å². The number of halogens is 1. The monoisotopic (exact) mass is 217 g/mol. The lowest BCUT2D eigenvalue weighted by molar-refractivity contribution is 0.625. The van der Waals surface area contributed by atoms with Crippen LogP contribution in [0.5, 0.6) is 0 Å². The molecule has 1 heterocycles. The Balaban J connectivity index is 2.05. The van der Waals surface area contributed by atoms with E-state index in [1.807, 2.05) is 6.07 Å². The Morgan fingerprint density at radius 3 is 2.56 bits per heavy atom. The lowest BCUT2D eigenvalue weighted by Gasteiger charge is -2.01. The number of rotatable bonds is 3. The van der Waals surface area contributed by atoms with Crippen molar-refractivity contribution < 1.29 is 4.39 Å². The zero-order valence-corrected chi connectivity index (χ0v) is 9.68. The van der Waals surface area contributed by atoms with Crippen LogP contribution < -0.4 is 0 Å². The van der Waals surface area contributed by atoms with Gasteiger partial charge in [0.25, 0.3) is 0 Å². The van der Waals surface area contributed by atoms with E-state index < -0.39 is 0 Å². The molecule has 0 fully saturated rings. The lowest BCUT2D eigenvalue weighted by atomic mass is 10.0. The van der Waals surface area contributed by atoms with E-state index in [9.17, 15) is 4.39 Å². The minimum absolute atomic E-state index is 0.153. The van der Waals surface area contributed by atoms with Crippen molar-refractivity contribution in [3.05, 3.63) is 58.7 Å². The Labute approximate surface area is 95.3 Å². The van der Waals surface area contributed by atoms with Crippen molar-refractivity contribution in [1.29, 1.82) is 0 Å². The van der Waals surface area contributed by atoms with Crippen LogP contribution >= 0.6 is 0 Å². The van der Waals surface area contributed by atoms with Crippen LogP contribution in [0.15, 0.2) is 30.3 Å². The fourth-order valence-electron chi connectivity index (χ4n) is 2.01. The zero-order chi connectivity index (χ0) is 11.5. The molecule has 84 valence electrons. The SMILES string of the molecule is Cc1cc(CCc2cccc(F)c2)c(C)[nH]1. The molecule has 0 aliphatic rings. The van der Waals surface area contributed by atoms with Gasteiger partial charge < -0.3 is 4.98 Å². The second-order valence-electron chi connectivity index (χ2n) is 4.23. The molecule has 0 amide bonds. The van der Waals surface area contributed by atoms with Crippen LogP contribution in [0.25, 0.3) is 0 Å². The fourth-order valence-corrected chi connectivity index (χ4v) is 2.01. The second kappa shape index (κ2) is 4.52. The van der Waals surface area contributed by atoms with Crippen LogP contribution in [0.4, 0.5) is 4.39 Å². The molecule has 0 aliphatic carbocycles. The molecule has 2 heteroatoms. The molecule has 0 spiro atoms. The summed E-state index contributed by atoms with van der Waals surface area (Å²) in [7, 11) is 0. The third kappa shape index (κ3) is 2.51. The van der Waals surface area contributed by atoms with Gasteiger partial charge in [-0.1, -0.05) is 12.1 Å². The van der Waals surface area contributed by atoms with E-state index in [4.69, 9.17) is 0 Å². The number of H-pyrrole nitrogens is 1. The van der Waals surface area contributed by atoms with Gasteiger partial charge >= 0.3 is 0 Å². The summed E-state index contributed by atoms with van der Waals surface area (Å²) in [5.74, 6) is -0.153. The first-order valence-corrected chi connectivity index (χ1v) is 5.54. The number of hydrogen-bond donors (Lipinski definition) is 1. The molecular formula is C14H16FN. The van der Waals surface area contributed by atoms with Gasteiger partial charge in [0, 0.05) is 11.4 Å². The Morgan fingerprint density at radius 2 is 1.94 bits per heavy atom. The summed E-state index contributed by atoms with van der Waals surface area (Å²) >= 11 is 0. The number of nitrogens with one attached hydrogen (secondary N) is 1. The Hall–Kier alpha value is -1.57. The number of aromatic nitrogens is 1. The molecule has 1 N–H and O–H groups in total. The standard InChI is InChI=1S/C14H16FN/c1-10-8-13(11(2)16-10)7-6-12-4-3-5-14(15)9-12/h3-5,8-9,16H,6-7H2,1-2H3. The van der Waals surface area contributed by atoms with Crippen molar-refractivity contribution in [2.45, 2.75) is 26.7 Å². The highest BCUT2D eigenvalue weighted by Crippen LogP contribution is 2.13. The maximum Gasteiger partial charge on any atom is 0.123 e. The Morgan fingerprint density at radius 1 is 1.12 bits per heavy atom. The first-order chi connectivity index (χ1) is 7.65. The van der Waals surface area contributed by atoms with Gasteiger partial charge in [-0.25, -0.2) is 4.39 Å². The first kappa shape index (κ1) is 10.9. The van der Waals surface area contributed by atoms with Crippen LogP contribution in [-0.2, 0) is 12.8 Å². The molecule has 0 radical (unpaired) electrons. The van der Waals surface area contributed by atoms with E-state index in [0.717, 1.165) is 18.4 Å². The van der Waals surface area contributed by atoms with Crippen LogP contribution in [-0.4, -0.2) is 4.98 Å². The van der Waals surface area contributed by atoms with Gasteiger partial charge in [0.1, 0.15) is 5.82 Å². The van der Waals surface area contributed by atoms with Crippen molar-refractivity contribution in [1.82, 2.24) is 4.98 Å². The summed E-state index contributed by atoms with van der Waals surface area (Å²) in [5.41, 5.74) is 4.78. The van der Waals surface area contributed by atoms with Gasteiger partial charge in [-0.2, -0.15) is 0 Å². The lowest BCUT2D eigenvalue weighted by Crippen LogP contribution is -1.92. The largest absolute Gasteiger partial charge is 0.362 e. The zero-order valence-electron chi connectivity index (χ0n) is 9.68. The number of aromatic amines is 1. The summed E-state index contributed by atoms with van der Waals surface area (Å²) in [4.78, 5) is 3.28. The highest BCUT2D eigenvalue weighted by Gasteiger charge is 2.02. The molecule has 0 unspecified atom stereocenters. The van der Waals surface area contributed by atoms with Gasteiger partial charge in [-0.3, -0.25) is 0 Å². The third-order valence-corrected chi connectivity index (χ3v) is 2.83. The summed E-state index contributed by atoms with van der Waals surface area (Å²) in [6, 6.07) is 8.98. The minimum Gasteiger partial charge on any atom is -0.362 e. The van der Waals surface area contributed by atoms with Crippen LogP contribution in [0.3, 0.4) is 0 Å². The van der Waals surface area contributed by atoms with Gasteiger partial charge in [0.15, 0.2) is 0 Å². The molecule has 16 heavy (non-hydrogen) atoms. The smallest absolute Gasteiger partial charge is 0.123 e. The summed E-state index contributed by atoms with van der Waals surface area (Å²) in [5, 5.41) is 0. The Kier molecular flexibility index (Phi) is 3.09. The summed E-state index contributed by atoms with van der Waals surface area (Å²) in [6.07, 6.45) is 1.84. The van der Waals surface area contributed by atoms with Gasteiger partial charge in [0.05, 0.1) is 0 Å². The molecule has 0 atom stereocenters. The molecule has 1 aromatic carbocycles. The minimum atomic E-state index is -0.153. The van der Waals surface area contributed by atoms with E-state index in [0.29, 0.717) is 0 Å². The quantitative estimate of drug-likeness (QED) is 0.809. The molecular weight excluding hydrogens is 201 g/mol. The molecule has 2 rings (SSSR count). The van der Waals surface area contributed by atoms with Gasteiger partial charge in [0.2, 0.25) is 0 Å². The average Bonchev–Trinajstić information content (AvgIpc) is 2.54. The summed E-state index contributed by atoms with van der Waals surface area (Å²) in [6.45, 7) is 4.13. The topological polar surface area (TPSA) is 15.8 Å². The van der Waals surface area contributed by atoms with Gasteiger partial charge in [-0.05, 0) is 56.0 Å². The second-order valence-corrected chi connectivity index (χ2v) is 4.23. The maximum atomic E-state index is 13.0. The van der Waals surface area contributed by atoms with E-state index in [-0.39, 0.29) is 5.82 Å². The molecule has 0 aliphatic heterocycles. The molecule has 0 bridgehead atoms. The molecule has 1 aromatic heterocycles. The number of hydrogen-bond acceptors (Lipinski definition) is 0. The van der Waals surface area contributed by atoms with Crippen molar-refractivity contribution >= 4 is 0 Å². The van der Waals surface area contributed by atoms with Crippen LogP contribution in [0, 0.1) is 19.7 Å². The molecule has 1 nitrogen and oxygen atoms in total. The highest BCUT2D eigenvalue weighted by atomic mass is 19.1. The Bertz CT molecular complexity index is 485. The van der Waals surface area contributed by atoms with Crippen molar-refractivity contribution in [2.75, 3.05) is 0 Å². The maximum absolute atomic E-state index is 13.0. The fraction of sp³-hybridized carbons (Fsp3) is 0.286. The first-order valence-electron chi connectivity index (χ1n) is 5.54. The van der Waals surface area contributed by atoms with E-state index in [2.05, 4.69) is 24.9 Å². The summed E-state index contributed by atoms with van der Waals surface area (Å²) < 4.78 is 13.0. The number of aryl methyl sites for hydroxylation is 4. The average molecular weight is 217 g/mol. The van der Waals surface area contributed by atoms with Crippen molar-refractivity contribution in [3.63, 3.8) is 0 Å². The predicted octanol–water partition coefficient (Wildman–Crippen LogP) is 3.56. The third-order valence-electron chi connectivity index (χ3n) is 2.83. The molecule has 0 saturated carbocycles.